The smallest absolute Gasteiger partial charge is 0.341 e. The number of aryl methyl sites for hydroxylation is 1. The Kier molecular flexibility index (Phi) is 7.67. The molecule has 0 atom stereocenters. The van der Waals surface area contributed by atoms with E-state index in [1.165, 1.54) is 16.9 Å². The van der Waals surface area contributed by atoms with Crippen molar-refractivity contribution in [2.24, 2.45) is 0 Å². The van der Waals surface area contributed by atoms with Crippen molar-refractivity contribution in [3.63, 3.8) is 0 Å². The van der Waals surface area contributed by atoms with Gasteiger partial charge in [-0.3, -0.25) is 4.79 Å². The van der Waals surface area contributed by atoms with Crippen molar-refractivity contribution in [3.05, 3.63) is 87.9 Å². The number of nitrogens with zero attached hydrogens (tertiary/aromatic N) is 1. The van der Waals surface area contributed by atoms with Crippen molar-refractivity contribution in [1.29, 1.82) is 0 Å². The highest BCUT2D eigenvalue weighted by Crippen LogP contribution is 2.37. The first-order valence-corrected chi connectivity index (χ1v) is 13.1. The molecule has 0 aliphatic heterocycles. The highest BCUT2D eigenvalue weighted by atomic mass is 35.5. The number of esters is 1. The van der Waals surface area contributed by atoms with Gasteiger partial charge in [0, 0.05) is 33.4 Å². The lowest BCUT2D eigenvalue weighted by atomic mass is 10.0. The van der Waals surface area contributed by atoms with E-state index in [1.807, 2.05) is 29.0 Å². The Labute approximate surface area is 220 Å². The fraction of sp³-hybridized carbons (Fsp3) is 0.241. The van der Waals surface area contributed by atoms with Crippen LogP contribution >= 0.6 is 22.9 Å². The van der Waals surface area contributed by atoms with E-state index in [2.05, 4.69) is 43.9 Å². The van der Waals surface area contributed by atoms with Gasteiger partial charge in [0.2, 0.25) is 0 Å². The predicted octanol–water partition coefficient (Wildman–Crippen LogP) is 8.07. The summed E-state index contributed by atoms with van der Waals surface area (Å²) in [6, 6.07) is 13.5. The van der Waals surface area contributed by atoms with Gasteiger partial charge in [-0.05, 0) is 60.7 Å². The minimum absolute atomic E-state index is 0.229. The van der Waals surface area contributed by atoms with E-state index >= 15 is 0 Å². The summed E-state index contributed by atoms with van der Waals surface area (Å²) in [6.07, 6.45) is 1.78. The van der Waals surface area contributed by atoms with E-state index in [-0.39, 0.29) is 12.5 Å². The number of aromatic nitrogens is 1. The Balaban J connectivity index is 1.80. The molecule has 5 nitrogen and oxygen atoms in total. The van der Waals surface area contributed by atoms with Gasteiger partial charge in [-0.15, -0.1) is 17.9 Å². The van der Waals surface area contributed by atoms with Crippen molar-refractivity contribution < 1.29 is 14.3 Å². The van der Waals surface area contributed by atoms with Gasteiger partial charge in [0.25, 0.3) is 5.91 Å². The van der Waals surface area contributed by atoms with Crippen LogP contribution < -0.4 is 5.32 Å². The molecule has 7 heteroatoms. The van der Waals surface area contributed by atoms with E-state index < -0.39 is 5.97 Å². The molecule has 0 saturated carbocycles. The summed E-state index contributed by atoms with van der Waals surface area (Å²) in [5, 5.41) is 6.94. The van der Waals surface area contributed by atoms with E-state index in [4.69, 9.17) is 16.3 Å². The van der Waals surface area contributed by atoms with E-state index in [1.54, 1.807) is 25.1 Å². The van der Waals surface area contributed by atoms with Crippen LogP contribution in [0.4, 0.5) is 5.00 Å². The molecule has 1 amide bonds. The second kappa shape index (κ2) is 10.7. The Morgan fingerprint density at radius 1 is 1.19 bits per heavy atom. The quantitative estimate of drug-likeness (QED) is 0.189. The maximum absolute atomic E-state index is 13.7. The Morgan fingerprint density at radius 3 is 2.56 bits per heavy atom. The van der Waals surface area contributed by atoms with Gasteiger partial charge in [-0.1, -0.05) is 49.7 Å². The molecule has 186 valence electrons. The minimum atomic E-state index is -0.482. The molecule has 2 aromatic carbocycles. The molecule has 0 bridgehead atoms. The van der Waals surface area contributed by atoms with Crippen molar-refractivity contribution >= 4 is 50.7 Å². The molecule has 0 fully saturated rings. The van der Waals surface area contributed by atoms with Crippen LogP contribution in [0.25, 0.3) is 22.0 Å². The number of halogens is 1. The van der Waals surface area contributed by atoms with Gasteiger partial charge in [-0.25, -0.2) is 4.79 Å². The van der Waals surface area contributed by atoms with Crippen LogP contribution in [0.15, 0.2) is 60.5 Å². The van der Waals surface area contributed by atoms with Gasteiger partial charge < -0.3 is 14.6 Å². The molecule has 0 spiro atoms. The fourth-order valence-electron chi connectivity index (χ4n) is 4.37. The number of hydrogen-bond donors (Lipinski definition) is 1. The number of nitrogens with one attached hydrogen (secondary N) is 1. The number of thiophene rings is 1. The lowest BCUT2D eigenvalue weighted by Gasteiger charge is -2.11. The first-order valence-electron chi connectivity index (χ1n) is 11.9. The molecule has 0 aliphatic carbocycles. The summed E-state index contributed by atoms with van der Waals surface area (Å²) < 4.78 is 7.31. The summed E-state index contributed by atoms with van der Waals surface area (Å²) in [4.78, 5) is 26.7. The monoisotopic (exact) mass is 520 g/mol. The highest BCUT2D eigenvalue weighted by molar-refractivity contribution is 7.15. The van der Waals surface area contributed by atoms with Crippen LogP contribution in [0.5, 0.6) is 0 Å². The summed E-state index contributed by atoms with van der Waals surface area (Å²) in [5.74, 6) is -0.394. The standard InChI is InChI=1S/C29H29ClN2O3S/c1-6-14-32-24-13-10-20(17(3)4)15-22(24)18(5)26(32)27(33)31-28-25(29(34)35-7-2)23(16-36-28)19-8-11-21(30)12-9-19/h6,8-13,15-17H,1,7,14H2,2-5H3,(H,31,33). The number of hydrogen-bond acceptors (Lipinski definition) is 4. The summed E-state index contributed by atoms with van der Waals surface area (Å²) in [5.41, 5.74) is 5.46. The number of carbonyl (C=O) groups is 2. The summed E-state index contributed by atoms with van der Waals surface area (Å²) in [7, 11) is 0. The van der Waals surface area contributed by atoms with Crippen LogP contribution in [-0.2, 0) is 11.3 Å². The average molecular weight is 521 g/mol. The third kappa shape index (κ3) is 4.84. The summed E-state index contributed by atoms with van der Waals surface area (Å²) in [6.45, 7) is 12.6. The van der Waals surface area contributed by atoms with E-state index in [9.17, 15) is 9.59 Å². The molecule has 2 aromatic heterocycles. The predicted molar refractivity (Wildman–Crippen MR) is 150 cm³/mol. The van der Waals surface area contributed by atoms with Gasteiger partial charge in [0.1, 0.15) is 16.3 Å². The third-order valence-corrected chi connectivity index (χ3v) is 7.33. The van der Waals surface area contributed by atoms with E-state index in [0.717, 1.165) is 22.0 Å². The largest absolute Gasteiger partial charge is 0.462 e. The highest BCUT2D eigenvalue weighted by Gasteiger charge is 2.26. The molecule has 0 aliphatic rings. The number of ether oxygens (including phenoxy) is 1. The second-order valence-electron chi connectivity index (χ2n) is 8.84. The van der Waals surface area contributed by atoms with Crippen LogP contribution in [0, 0.1) is 6.92 Å². The van der Waals surface area contributed by atoms with Crippen molar-refractivity contribution in [2.45, 2.75) is 40.2 Å². The number of benzene rings is 2. The number of anilines is 1. The Bertz CT molecular complexity index is 1450. The van der Waals surface area contributed by atoms with Crippen molar-refractivity contribution in [3.8, 4) is 11.1 Å². The minimum Gasteiger partial charge on any atom is -0.462 e. The van der Waals surface area contributed by atoms with Gasteiger partial charge in [0.05, 0.1) is 6.61 Å². The number of rotatable bonds is 8. The molecule has 4 aromatic rings. The number of allylic oxidation sites excluding steroid dienone is 1. The normalized spacial score (nSPS) is 11.2. The van der Waals surface area contributed by atoms with Gasteiger partial charge in [0.15, 0.2) is 0 Å². The molecule has 1 N–H and O–H groups in total. The SMILES string of the molecule is C=CCn1c(C(=O)Nc2scc(-c3ccc(Cl)cc3)c2C(=O)OCC)c(C)c2cc(C(C)C)ccc21. The van der Waals surface area contributed by atoms with Crippen LogP contribution in [0.3, 0.4) is 0 Å². The first kappa shape index (κ1) is 25.7. The molecule has 36 heavy (non-hydrogen) atoms. The molecular weight excluding hydrogens is 492 g/mol. The topological polar surface area (TPSA) is 60.3 Å². The van der Waals surface area contributed by atoms with E-state index in [0.29, 0.717) is 39.3 Å². The van der Waals surface area contributed by atoms with Gasteiger partial charge in [-0.2, -0.15) is 0 Å². The molecule has 2 heterocycles. The number of amides is 1. The number of carbonyl (C=O) groups excluding carboxylic acids is 2. The summed E-state index contributed by atoms with van der Waals surface area (Å²) >= 11 is 7.35. The van der Waals surface area contributed by atoms with Gasteiger partial charge >= 0.3 is 5.97 Å². The molecule has 0 saturated heterocycles. The molecule has 4 rings (SSSR count). The fourth-order valence-corrected chi connectivity index (χ4v) is 5.45. The molecule has 0 unspecified atom stereocenters. The zero-order valence-electron chi connectivity index (χ0n) is 20.9. The third-order valence-electron chi connectivity index (χ3n) is 6.19. The number of fused-ring (bicyclic) bond motifs is 1. The lowest BCUT2D eigenvalue weighted by Crippen LogP contribution is -2.19. The first-order chi connectivity index (χ1) is 17.3. The van der Waals surface area contributed by atoms with Crippen molar-refractivity contribution in [1.82, 2.24) is 4.57 Å². The lowest BCUT2D eigenvalue weighted by molar-refractivity contribution is 0.0529. The maximum atomic E-state index is 13.7. The zero-order chi connectivity index (χ0) is 26.0. The van der Waals surface area contributed by atoms with Crippen molar-refractivity contribution in [2.75, 3.05) is 11.9 Å². The van der Waals surface area contributed by atoms with Crippen LogP contribution in [-0.4, -0.2) is 23.1 Å². The van der Waals surface area contributed by atoms with Crippen LogP contribution in [0.1, 0.15) is 58.7 Å². The molecule has 0 radical (unpaired) electrons. The zero-order valence-corrected chi connectivity index (χ0v) is 22.4. The Hall–Kier alpha value is -3.35. The Morgan fingerprint density at radius 2 is 1.92 bits per heavy atom. The maximum Gasteiger partial charge on any atom is 0.341 e. The average Bonchev–Trinajstić information content (AvgIpc) is 3.38. The van der Waals surface area contributed by atoms with Crippen LogP contribution in [0.2, 0.25) is 5.02 Å². The second-order valence-corrected chi connectivity index (χ2v) is 10.2. The molecular formula is C29H29ClN2O3S.